The molecule has 66 valence electrons. The Labute approximate surface area is 69.5 Å². The van der Waals surface area contributed by atoms with Crippen molar-refractivity contribution in [1.29, 1.82) is 0 Å². The zero-order valence-corrected chi connectivity index (χ0v) is 6.68. The molecule has 1 saturated heterocycles. The molecule has 0 aromatic heterocycles. The smallest absolute Gasteiger partial charge is 0.268 e. The molecule has 0 saturated carbocycles. The highest BCUT2D eigenvalue weighted by molar-refractivity contribution is 5.74. The fraction of sp³-hybridized carbons (Fsp3) is 0.625. The summed E-state index contributed by atoms with van der Waals surface area (Å²) in [6.45, 7) is 0.697. The first-order chi connectivity index (χ1) is 5.46. The average molecular weight is 173 g/mol. The van der Waals surface area contributed by atoms with Crippen LogP contribution in [0.4, 0.5) is 8.78 Å². The van der Waals surface area contributed by atoms with Gasteiger partial charge in [0.1, 0.15) is 0 Å². The second-order valence-electron chi connectivity index (χ2n) is 2.89. The topological polar surface area (TPSA) is 20.3 Å². The molecule has 1 atom stereocenters. The summed E-state index contributed by atoms with van der Waals surface area (Å²) in [6, 6.07) is -0.738. The van der Waals surface area contributed by atoms with Crippen molar-refractivity contribution >= 4 is 5.91 Å². The second-order valence-corrected chi connectivity index (χ2v) is 2.89. The number of terminal acetylenes is 1. The van der Waals surface area contributed by atoms with Crippen LogP contribution < -0.4 is 0 Å². The summed E-state index contributed by atoms with van der Waals surface area (Å²) in [6.07, 6.45) is 4.59. The van der Waals surface area contributed by atoms with Crippen LogP contribution >= 0.6 is 0 Å². The van der Waals surface area contributed by atoms with E-state index in [4.69, 9.17) is 6.42 Å². The Morgan fingerprint density at radius 1 is 1.75 bits per heavy atom. The van der Waals surface area contributed by atoms with Gasteiger partial charge in [-0.2, -0.15) is 0 Å². The summed E-state index contributed by atoms with van der Waals surface area (Å²) < 4.78 is 25.4. The van der Waals surface area contributed by atoms with Crippen LogP contribution in [-0.2, 0) is 4.79 Å². The molecule has 1 aliphatic heterocycles. The van der Waals surface area contributed by atoms with E-state index in [0.29, 0.717) is 0 Å². The van der Waals surface area contributed by atoms with Crippen molar-refractivity contribution in [2.45, 2.75) is 25.3 Å². The second kappa shape index (κ2) is 2.74. The molecule has 1 fully saturated rings. The number of rotatable bonds is 0. The third kappa shape index (κ3) is 1.55. The Balaban J connectivity index is 2.78. The average Bonchev–Trinajstić information content (AvgIpc) is 2.25. The van der Waals surface area contributed by atoms with E-state index in [-0.39, 0.29) is 0 Å². The third-order valence-corrected chi connectivity index (χ3v) is 1.87. The molecule has 2 nitrogen and oxygen atoms in total. The normalized spacial score (nSPS) is 26.8. The Morgan fingerprint density at radius 3 is 2.67 bits per heavy atom. The van der Waals surface area contributed by atoms with Crippen LogP contribution in [0.2, 0.25) is 0 Å². The van der Waals surface area contributed by atoms with Gasteiger partial charge in [0.15, 0.2) is 0 Å². The minimum atomic E-state index is -2.82. The monoisotopic (exact) mass is 173 g/mol. The minimum absolute atomic E-state index is 0.393. The first-order valence-corrected chi connectivity index (χ1v) is 3.57. The number of nitrogens with zero attached hydrogens (tertiary/aromatic N) is 1. The molecule has 0 spiro atoms. The number of alkyl halides is 2. The molecule has 0 aromatic carbocycles. The van der Waals surface area contributed by atoms with Crippen LogP contribution in [0.15, 0.2) is 0 Å². The fourth-order valence-corrected chi connectivity index (χ4v) is 1.30. The summed E-state index contributed by atoms with van der Waals surface area (Å²) >= 11 is 0. The Kier molecular flexibility index (Phi) is 2.05. The molecule has 1 heterocycles. The molecular formula is C8H9F2NO. The number of amides is 1. The third-order valence-electron chi connectivity index (χ3n) is 1.87. The molecule has 1 rings (SSSR count). The van der Waals surface area contributed by atoms with Gasteiger partial charge in [0.05, 0.1) is 12.6 Å². The molecular weight excluding hydrogens is 164 g/mol. The zero-order chi connectivity index (χ0) is 9.35. The predicted octanol–water partition coefficient (Wildman–Crippen LogP) is 0.876. The van der Waals surface area contributed by atoms with Gasteiger partial charge >= 0.3 is 0 Å². The van der Waals surface area contributed by atoms with E-state index in [9.17, 15) is 13.6 Å². The van der Waals surface area contributed by atoms with Gasteiger partial charge in [-0.1, -0.05) is 5.92 Å². The lowest BCUT2D eigenvalue weighted by Gasteiger charge is -2.17. The molecule has 1 amide bonds. The lowest BCUT2D eigenvalue weighted by Crippen LogP contribution is -2.33. The maximum Gasteiger partial charge on any atom is 0.268 e. The predicted molar refractivity (Wildman–Crippen MR) is 39.6 cm³/mol. The largest absolute Gasteiger partial charge is 0.323 e. The number of halogens is 2. The van der Waals surface area contributed by atoms with Crippen molar-refractivity contribution < 1.29 is 13.6 Å². The van der Waals surface area contributed by atoms with E-state index < -0.39 is 30.8 Å². The van der Waals surface area contributed by atoms with E-state index in [1.165, 1.54) is 6.92 Å². The van der Waals surface area contributed by atoms with Gasteiger partial charge in [-0.15, -0.1) is 6.42 Å². The first-order valence-electron chi connectivity index (χ1n) is 3.57. The Morgan fingerprint density at radius 2 is 2.33 bits per heavy atom. The van der Waals surface area contributed by atoms with Gasteiger partial charge in [-0.25, -0.2) is 8.78 Å². The van der Waals surface area contributed by atoms with Gasteiger partial charge in [-0.05, 0) is 0 Å². The number of carbonyl (C=O) groups excluding carboxylic acids is 1. The standard InChI is InChI=1S/C8H9F2NO/c1-3-7-4-8(9,10)5-11(7)6(2)12/h1,7H,4-5H2,2H3. The summed E-state index contributed by atoms with van der Waals surface area (Å²) in [7, 11) is 0. The van der Waals surface area contributed by atoms with Gasteiger partial charge in [0.2, 0.25) is 5.91 Å². The lowest BCUT2D eigenvalue weighted by atomic mass is 10.2. The first kappa shape index (κ1) is 8.98. The summed E-state index contributed by atoms with van der Waals surface area (Å²) in [4.78, 5) is 11.8. The van der Waals surface area contributed by atoms with Crippen LogP contribution in [-0.4, -0.2) is 29.3 Å². The minimum Gasteiger partial charge on any atom is -0.323 e. The van der Waals surface area contributed by atoms with Gasteiger partial charge in [-0.3, -0.25) is 4.79 Å². The molecule has 0 radical (unpaired) electrons. The quantitative estimate of drug-likeness (QED) is 0.498. The molecule has 0 aromatic rings. The molecule has 1 aliphatic rings. The highest BCUT2D eigenvalue weighted by Gasteiger charge is 2.45. The number of hydrogen-bond acceptors (Lipinski definition) is 1. The van der Waals surface area contributed by atoms with E-state index >= 15 is 0 Å². The molecule has 4 heteroatoms. The van der Waals surface area contributed by atoms with Gasteiger partial charge in [0.25, 0.3) is 5.92 Å². The highest BCUT2D eigenvalue weighted by atomic mass is 19.3. The van der Waals surface area contributed by atoms with Crippen molar-refractivity contribution in [1.82, 2.24) is 4.90 Å². The Bertz CT molecular complexity index is 244. The van der Waals surface area contributed by atoms with Gasteiger partial charge in [0, 0.05) is 13.3 Å². The van der Waals surface area contributed by atoms with Crippen LogP contribution in [0.25, 0.3) is 0 Å². The van der Waals surface area contributed by atoms with E-state index in [0.717, 1.165) is 4.90 Å². The maximum absolute atomic E-state index is 12.7. The van der Waals surface area contributed by atoms with Crippen LogP contribution in [0.5, 0.6) is 0 Å². The van der Waals surface area contributed by atoms with Crippen LogP contribution in [0.3, 0.4) is 0 Å². The Hall–Kier alpha value is -1.11. The van der Waals surface area contributed by atoms with E-state index in [2.05, 4.69) is 5.92 Å². The van der Waals surface area contributed by atoms with Crippen molar-refractivity contribution in [3.63, 3.8) is 0 Å². The van der Waals surface area contributed by atoms with Crippen molar-refractivity contribution in [3.8, 4) is 12.3 Å². The summed E-state index contributed by atoms with van der Waals surface area (Å²) in [5, 5.41) is 0. The zero-order valence-electron chi connectivity index (χ0n) is 6.68. The van der Waals surface area contributed by atoms with E-state index in [1.54, 1.807) is 0 Å². The number of likely N-dealkylation sites (tertiary alicyclic amines) is 1. The number of carbonyl (C=O) groups is 1. The molecule has 12 heavy (non-hydrogen) atoms. The van der Waals surface area contributed by atoms with Crippen molar-refractivity contribution in [2.75, 3.05) is 6.54 Å². The molecule has 0 aliphatic carbocycles. The summed E-state index contributed by atoms with van der Waals surface area (Å²) in [5.74, 6) is -1.03. The van der Waals surface area contributed by atoms with E-state index in [1.807, 2.05) is 0 Å². The SMILES string of the molecule is C#CC1CC(F)(F)CN1C(C)=O. The maximum atomic E-state index is 12.7. The van der Waals surface area contributed by atoms with Crippen molar-refractivity contribution in [3.05, 3.63) is 0 Å². The highest BCUT2D eigenvalue weighted by Crippen LogP contribution is 2.31. The fourth-order valence-electron chi connectivity index (χ4n) is 1.30. The molecule has 0 N–H and O–H groups in total. The lowest BCUT2D eigenvalue weighted by molar-refractivity contribution is -0.130. The number of hydrogen-bond donors (Lipinski definition) is 0. The van der Waals surface area contributed by atoms with Crippen LogP contribution in [0.1, 0.15) is 13.3 Å². The molecule has 0 bridgehead atoms. The van der Waals surface area contributed by atoms with Crippen molar-refractivity contribution in [2.24, 2.45) is 0 Å². The summed E-state index contributed by atoms with van der Waals surface area (Å²) in [5.41, 5.74) is 0. The van der Waals surface area contributed by atoms with Gasteiger partial charge < -0.3 is 4.90 Å². The van der Waals surface area contributed by atoms with Crippen LogP contribution in [0, 0.1) is 12.3 Å². The molecule has 1 unspecified atom stereocenters.